The molecule has 1 atom stereocenters. The van der Waals surface area contributed by atoms with Crippen LogP contribution in [0, 0.1) is 0 Å². The van der Waals surface area contributed by atoms with Gasteiger partial charge in [-0.15, -0.1) is 17.4 Å². The van der Waals surface area contributed by atoms with Crippen molar-refractivity contribution in [3.05, 3.63) is 0 Å². The maximum Gasteiger partial charge on any atom is 0.458 e. The normalized spacial score (nSPS) is 20.3. The van der Waals surface area contributed by atoms with Crippen molar-refractivity contribution in [2.24, 2.45) is 4.76 Å². The molecule has 8 heteroatoms. The molecule has 0 spiro atoms. The molecule has 1 saturated heterocycles. The quantitative estimate of drug-likeness (QED) is 0.490. The molecular formula is C12H26N3O3PS. The Hall–Kier alpha value is -0.230. The van der Waals surface area contributed by atoms with Crippen molar-refractivity contribution in [3.63, 3.8) is 0 Å². The fourth-order valence-electron chi connectivity index (χ4n) is 1.74. The third kappa shape index (κ3) is 5.64. The summed E-state index contributed by atoms with van der Waals surface area (Å²) in [4.78, 5) is 2.95. The average molecular weight is 323 g/mol. The fraction of sp³-hybridized carbons (Fsp3) is 0.917. The molecule has 1 aliphatic rings. The van der Waals surface area contributed by atoms with Crippen LogP contribution < -0.4 is 0 Å². The van der Waals surface area contributed by atoms with Crippen LogP contribution in [0.2, 0.25) is 0 Å². The van der Waals surface area contributed by atoms with E-state index < -0.39 is 18.3 Å². The third-order valence-electron chi connectivity index (χ3n) is 2.39. The van der Waals surface area contributed by atoms with Gasteiger partial charge in [0.25, 0.3) is 0 Å². The minimum atomic E-state index is -3.66. The minimum absolute atomic E-state index is 0.607. The fourth-order valence-corrected chi connectivity index (χ4v) is 3.95. The number of likely N-dealkylation sites (N-methyl/N-ethyl adjacent to an activating group) is 2. The van der Waals surface area contributed by atoms with Crippen molar-refractivity contribution in [2.45, 2.75) is 45.2 Å². The second-order valence-corrected chi connectivity index (χ2v) is 9.03. The highest BCUT2D eigenvalue weighted by Gasteiger charge is 2.38. The maximum atomic E-state index is 13.0. The highest BCUT2D eigenvalue weighted by molar-refractivity contribution is 7.81. The zero-order valence-corrected chi connectivity index (χ0v) is 15.2. The first-order valence-corrected chi connectivity index (χ1v) is 8.52. The van der Waals surface area contributed by atoms with Crippen LogP contribution >= 0.6 is 20.4 Å². The Morgan fingerprint density at radius 3 is 1.90 bits per heavy atom. The highest BCUT2D eigenvalue weighted by Crippen LogP contribution is 2.56. The van der Waals surface area contributed by atoms with Crippen molar-refractivity contribution in [1.82, 2.24) is 9.80 Å². The maximum absolute atomic E-state index is 13.0. The van der Waals surface area contributed by atoms with Gasteiger partial charge in [-0.25, -0.2) is 4.57 Å². The highest BCUT2D eigenvalue weighted by atomic mass is 32.1. The summed E-state index contributed by atoms with van der Waals surface area (Å²) in [6.07, 6.45) is 0. The summed E-state index contributed by atoms with van der Waals surface area (Å²) in [6.45, 7) is 10.5. The lowest BCUT2D eigenvalue weighted by Gasteiger charge is -2.29. The summed E-state index contributed by atoms with van der Waals surface area (Å²) in [6, 6.07) is 0. The van der Waals surface area contributed by atoms with Gasteiger partial charge < -0.3 is 9.80 Å². The molecule has 0 aliphatic carbocycles. The Morgan fingerprint density at radius 1 is 1.10 bits per heavy atom. The molecule has 1 rings (SSSR count). The lowest BCUT2D eigenvalue weighted by molar-refractivity contribution is 0.0749. The van der Waals surface area contributed by atoms with Crippen LogP contribution in [-0.2, 0) is 13.6 Å². The SMILES string of the molecule is CN1CCN(C)C1=N[P@](=O)(OC(C)(C)C)OC(C)(C)S. The number of thiol groups is 1. The Kier molecular flexibility index (Phi) is 5.23. The summed E-state index contributed by atoms with van der Waals surface area (Å²) >= 11 is 4.27. The molecular weight excluding hydrogens is 297 g/mol. The average Bonchev–Trinajstić information content (AvgIpc) is 2.42. The van der Waals surface area contributed by atoms with Crippen molar-refractivity contribution in [1.29, 1.82) is 0 Å². The number of hydrogen-bond acceptors (Lipinski definition) is 4. The second-order valence-electron chi connectivity index (χ2n) is 6.45. The second kappa shape index (κ2) is 5.87. The van der Waals surface area contributed by atoms with Crippen LogP contribution in [0.1, 0.15) is 34.6 Å². The van der Waals surface area contributed by atoms with E-state index >= 15 is 0 Å². The zero-order chi connectivity index (χ0) is 15.8. The van der Waals surface area contributed by atoms with E-state index in [2.05, 4.69) is 17.4 Å². The van der Waals surface area contributed by atoms with Crippen LogP contribution in [0.5, 0.6) is 0 Å². The van der Waals surface area contributed by atoms with Gasteiger partial charge in [0, 0.05) is 27.2 Å². The number of hydrogen-bond donors (Lipinski definition) is 1. The van der Waals surface area contributed by atoms with Crippen LogP contribution in [0.25, 0.3) is 0 Å². The molecule has 0 unspecified atom stereocenters. The predicted molar refractivity (Wildman–Crippen MR) is 85.3 cm³/mol. The van der Waals surface area contributed by atoms with E-state index in [9.17, 15) is 4.57 Å². The summed E-state index contributed by atoms with van der Waals surface area (Å²) in [5, 5.41) is 0. The van der Waals surface area contributed by atoms with Gasteiger partial charge in [-0.3, -0.25) is 9.05 Å². The van der Waals surface area contributed by atoms with Crippen LogP contribution in [0.4, 0.5) is 0 Å². The Balaban J connectivity index is 3.11. The number of nitrogens with zero attached hydrogens (tertiary/aromatic N) is 3. The molecule has 0 aromatic heterocycles. The first kappa shape index (κ1) is 17.8. The van der Waals surface area contributed by atoms with E-state index in [1.807, 2.05) is 44.7 Å². The molecule has 0 radical (unpaired) electrons. The Bertz CT molecular complexity index is 397. The standard InChI is InChI=1S/C12H26N3O3PS/c1-11(2,3)17-19(16,18-12(4,5)20)13-10-14(6)8-9-15(10)7/h20H,8-9H2,1-7H3/t19-/m0/s1. The van der Waals surface area contributed by atoms with E-state index in [1.54, 1.807) is 13.8 Å². The molecule has 6 nitrogen and oxygen atoms in total. The summed E-state index contributed by atoms with van der Waals surface area (Å²) in [5.74, 6) is 0.607. The van der Waals surface area contributed by atoms with Gasteiger partial charge in [-0.05, 0) is 34.6 Å². The first-order chi connectivity index (χ1) is 8.81. The molecule has 0 aromatic carbocycles. The Labute approximate surface area is 127 Å². The van der Waals surface area contributed by atoms with Crippen molar-refractivity contribution >= 4 is 26.3 Å². The summed E-state index contributed by atoms with van der Waals surface area (Å²) < 4.78 is 28.3. The lowest BCUT2D eigenvalue weighted by atomic mass is 10.2. The topological polar surface area (TPSA) is 54.4 Å². The molecule has 0 amide bonds. The summed E-state index contributed by atoms with van der Waals surface area (Å²) in [5.41, 5.74) is -0.631. The van der Waals surface area contributed by atoms with Gasteiger partial charge in [0.05, 0.1) is 5.60 Å². The van der Waals surface area contributed by atoms with Crippen molar-refractivity contribution in [3.8, 4) is 0 Å². The Morgan fingerprint density at radius 2 is 1.55 bits per heavy atom. The van der Waals surface area contributed by atoms with E-state index in [4.69, 9.17) is 9.05 Å². The molecule has 0 N–H and O–H groups in total. The molecule has 1 aliphatic heterocycles. The molecule has 118 valence electrons. The lowest BCUT2D eigenvalue weighted by Crippen LogP contribution is -2.29. The van der Waals surface area contributed by atoms with Gasteiger partial charge in [0.15, 0.2) is 0 Å². The van der Waals surface area contributed by atoms with E-state index in [0.29, 0.717) is 5.96 Å². The van der Waals surface area contributed by atoms with Gasteiger partial charge in [0.1, 0.15) is 4.93 Å². The molecule has 0 aromatic rings. The van der Waals surface area contributed by atoms with Gasteiger partial charge in [-0.1, -0.05) is 0 Å². The van der Waals surface area contributed by atoms with E-state index in [-0.39, 0.29) is 0 Å². The van der Waals surface area contributed by atoms with Crippen molar-refractivity contribution < 1.29 is 13.6 Å². The molecule has 1 heterocycles. The molecule has 0 saturated carbocycles. The largest absolute Gasteiger partial charge is 0.458 e. The predicted octanol–water partition coefficient (Wildman–Crippen LogP) is 2.83. The smallest absolute Gasteiger partial charge is 0.344 e. The zero-order valence-electron chi connectivity index (χ0n) is 13.4. The molecule has 0 bridgehead atoms. The first-order valence-electron chi connectivity index (χ1n) is 6.58. The third-order valence-corrected chi connectivity index (χ3v) is 4.52. The van der Waals surface area contributed by atoms with Crippen LogP contribution in [0.15, 0.2) is 4.76 Å². The van der Waals surface area contributed by atoms with Gasteiger partial charge in [0.2, 0.25) is 5.96 Å². The molecule has 1 fully saturated rings. The van der Waals surface area contributed by atoms with Crippen LogP contribution in [-0.4, -0.2) is 53.5 Å². The monoisotopic (exact) mass is 323 g/mol. The molecule has 20 heavy (non-hydrogen) atoms. The summed E-state index contributed by atoms with van der Waals surface area (Å²) in [7, 11) is 0.139. The minimum Gasteiger partial charge on any atom is -0.344 e. The van der Waals surface area contributed by atoms with E-state index in [1.165, 1.54) is 0 Å². The van der Waals surface area contributed by atoms with Crippen LogP contribution in [0.3, 0.4) is 0 Å². The number of rotatable bonds is 4. The van der Waals surface area contributed by atoms with E-state index in [0.717, 1.165) is 13.1 Å². The van der Waals surface area contributed by atoms with Gasteiger partial charge in [-0.2, -0.15) is 0 Å². The van der Waals surface area contributed by atoms with Gasteiger partial charge >= 0.3 is 7.75 Å². The number of guanidine groups is 1. The van der Waals surface area contributed by atoms with Crippen molar-refractivity contribution in [2.75, 3.05) is 27.2 Å².